The minimum absolute atomic E-state index is 0.361. The van der Waals surface area contributed by atoms with E-state index in [-0.39, 0.29) is 5.60 Å². The van der Waals surface area contributed by atoms with Gasteiger partial charge in [0.2, 0.25) is 0 Å². The van der Waals surface area contributed by atoms with Crippen LogP contribution in [0.3, 0.4) is 0 Å². The molecule has 0 aromatic heterocycles. The van der Waals surface area contributed by atoms with Crippen LogP contribution in [0, 0.1) is 11.8 Å². The van der Waals surface area contributed by atoms with Crippen molar-refractivity contribution in [1.29, 1.82) is 0 Å². The molecule has 1 heteroatoms. The van der Waals surface area contributed by atoms with Crippen molar-refractivity contribution < 1.29 is 5.11 Å². The Morgan fingerprint density at radius 1 is 1.25 bits per heavy atom. The van der Waals surface area contributed by atoms with Gasteiger partial charge >= 0.3 is 0 Å². The van der Waals surface area contributed by atoms with Gasteiger partial charge in [-0.2, -0.15) is 0 Å². The lowest BCUT2D eigenvalue weighted by atomic mass is 9.70. The molecule has 2 aliphatic rings. The van der Waals surface area contributed by atoms with Crippen LogP contribution >= 0.6 is 0 Å². The molecule has 0 radical (unpaired) electrons. The molecule has 0 aromatic rings. The van der Waals surface area contributed by atoms with Gasteiger partial charge < -0.3 is 5.11 Å². The fraction of sp³-hybridized carbons (Fsp3) is 0.818. The maximum absolute atomic E-state index is 10.4. The van der Waals surface area contributed by atoms with Crippen LogP contribution in [0.2, 0.25) is 0 Å². The molecule has 0 bridgehead atoms. The molecule has 68 valence electrons. The molecule has 0 heterocycles. The van der Waals surface area contributed by atoms with Crippen LogP contribution in [-0.4, -0.2) is 10.7 Å². The van der Waals surface area contributed by atoms with Gasteiger partial charge in [0.15, 0.2) is 0 Å². The van der Waals surface area contributed by atoms with Crippen LogP contribution in [0.4, 0.5) is 0 Å². The second kappa shape index (κ2) is 2.88. The Bertz CT molecular complexity index is 187. The third kappa shape index (κ3) is 1.03. The summed E-state index contributed by atoms with van der Waals surface area (Å²) in [5, 5.41) is 10.4. The third-order valence-corrected chi connectivity index (χ3v) is 3.83. The number of hydrogen-bond donors (Lipinski definition) is 1. The predicted octanol–water partition coefficient (Wildman–Crippen LogP) is 2.50. The first kappa shape index (κ1) is 8.31. The maximum Gasteiger partial charge on any atom is 0.0737 e. The molecule has 12 heavy (non-hydrogen) atoms. The highest BCUT2D eigenvalue weighted by molar-refractivity contribution is 5.05. The molecule has 0 saturated heterocycles. The average molecular weight is 166 g/mol. The maximum atomic E-state index is 10.4. The van der Waals surface area contributed by atoms with Crippen molar-refractivity contribution in [3.8, 4) is 0 Å². The zero-order valence-electron chi connectivity index (χ0n) is 7.63. The molecule has 2 rings (SSSR count). The normalized spacial score (nSPS) is 47.1. The molecular formula is C11H18O. The number of aliphatic hydroxyl groups is 1. The Hall–Kier alpha value is -0.300. The van der Waals surface area contributed by atoms with Gasteiger partial charge in [-0.25, -0.2) is 0 Å². The first-order valence-electron chi connectivity index (χ1n) is 5.12. The molecular weight excluding hydrogens is 148 g/mol. The highest BCUT2D eigenvalue weighted by atomic mass is 16.3. The van der Waals surface area contributed by atoms with Crippen molar-refractivity contribution >= 4 is 0 Å². The van der Waals surface area contributed by atoms with E-state index < -0.39 is 0 Å². The molecule has 2 fully saturated rings. The minimum atomic E-state index is -0.361. The lowest BCUT2D eigenvalue weighted by Crippen LogP contribution is -2.43. The summed E-state index contributed by atoms with van der Waals surface area (Å²) in [5.74, 6) is 0.952. The van der Waals surface area contributed by atoms with Crippen molar-refractivity contribution in [1.82, 2.24) is 0 Å². The quantitative estimate of drug-likeness (QED) is 0.593. The zero-order chi connectivity index (χ0) is 8.60. The van der Waals surface area contributed by atoms with E-state index in [4.69, 9.17) is 0 Å². The molecule has 1 N–H and O–H groups in total. The third-order valence-electron chi connectivity index (χ3n) is 3.83. The van der Waals surface area contributed by atoms with Crippen molar-refractivity contribution in [2.45, 2.75) is 44.1 Å². The standard InChI is InChI=1S/C11H18O/c1-2-9-5-3-6-10-7-4-8-11(9,10)12/h2,9-10,12H,1,3-8H2. The van der Waals surface area contributed by atoms with Crippen LogP contribution in [0.15, 0.2) is 12.7 Å². The number of fused-ring (bicyclic) bond motifs is 1. The molecule has 2 aliphatic carbocycles. The van der Waals surface area contributed by atoms with E-state index in [1.165, 1.54) is 25.7 Å². The summed E-state index contributed by atoms with van der Waals surface area (Å²) < 4.78 is 0. The fourth-order valence-corrected chi connectivity index (χ4v) is 3.12. The summed E-state index contributed by atoms with van der Waals surface area (Å²) in [6.07, 6.45) is 9.10. The zero-order valence-corrected chi connectivity index (χ0v) is 7.63. The van der Waals surface area contributed by atoms with E-state index in [2.05, 4.69) is 6.58 Å². The van der Waals surface area contributed by atoms with Crippen molar-refractivity contribution in [2.75, 3.05) is 0 Å². The largest absolute Gasteiger partial charge is 0.389 e. The van der Waals surface area contributed by atoms with Crippen LogP contribution < -0.4 is 0 Å². The molecule has 0 aromatic carbocycles. The van der Waals surface area contributed by atoms with E-state index in [1.807, 2.05) is 6.08 Å². The van der Waals surface area contributed by atoms with Gasteiger partial charge in [0.25, 0.3) is 0 Å². The summed E-state index contributed by atoms with van der Waals surface area (Å²) in [6, 6.07) is 0. The predicted molar refractivity (Wildman–Crippen MR) is 49.8 cm³/mol. The summed E-state index contributed by atoms with van der Waals surface area (Å²) in [7, 11) is 0. The van der Waals surface area contributed by atoms with E-state index in [0.29, 0.717) is 11.8 Å². The lowest BCUT2D eigenvalue weighted by Gasteiger charge is -2.40. The Morgan fingerprint density at radius 3 is 2.75 bits per heavy atom. The molecule has 2 saturated carbocycles. The highest BCUT2D eigenvalue weighted by Crippen LogP contribution is 2.48. The highest BCUT2D eigenvalue weighted by Gasteiger charge is 2.47. The summed E-state index contributed by atoms with van der Waals surface area (Å²) >= 11 is 0. The summed E-state index contributed by atoms with van der Waals surface area (Å²) in [4.78, 5) is 0. The van der Waals surface area contributed by atoms with E-state index in [1.54, 1.807) is 0 Å². The monoisotopic (exact) mass is 166 g/mol. The van der Waals surface area contributed by atoms with Gasteiger partial charge in [0.05, 0.1) is 5.60 Å². The van der Waals surface area contributed by atoms with Crippen LogP contribution in [-0.2, 0) is 0 Å². The van der Waals surface area contributed by atoms with Gasteiger partial charge in [-0.1, -0.05) is 18.9 Å². The smallest absolute Gasteiger partial charge is 0.0737 e. The second-order valence-corrected chi connectivity index (χ2v) is 4.35. The number of hydrogen-bond acceptors (Lipinski definition) is 1. The molecule has 1 nitrogen and oxygen atoms in total. The van der Waals surface area contributed by atoms with Crippen LogP contribution in [0.5, 0.6) is 0 Å². The lowest BCUT2D eigenvalue weighted by molar-refractivity contribution is -0.0587. The Balaban J connectivity index is 2.20. The molecule has 0 spiro atoms. The minimum Gasteiger partial charge on any atom is -0.389 e. The SMILES string of the molecule is C=CC1CCCC2CCCC12O. The van der Waals surface area contributed by atoms with Gasteiger partial charge in [-0.05, 0) is 31.6 Å². The van der Waals surface area contributed by atoms with Crippen LogP contribution in [0.1, 0.15) is 38.5 Å². The number of rotatable bonds is 1. The molecule has 3 unspecified atom stereocenters. The second-order valence-electron chi connectivity index (χ2n) is 4.35. The summed E-state index contributed by atoms with van der Waals surface area (Å²) in [6.45, 7) is 3.83. The first-order valence-corrected chi connectivity index (χ1v) is 5.12. The van der Waals surface area contributed by atoms with E-state index in [9.17, 15) is 5.11 Å². The van der Waals surface area contributed by atoms with Crippen molar-refractivity contribution in [3.05, 3.63) is 12.7 Å². The van der Waals surface area contributed by atoms with Crippen LogP contribution in [0.25, 0.3) is 0 Å². The average Bonchev–Trinajstić information content (AvgIpc) is 2.45. The van der Waals surface area contributed by atoms with Gasteiger partial charge in [0, 0.05) is 5.92 Å². The Morgan fingerprint density at radius 2 is 2.00 bits per heavy atom. The Kier molecular flexibility index (Phi) is 1.99. The molecule has 0 aliphatic heterocycles. The van der Waals surface area contributed by atoms with Gasteiger partial charge in [-0.15, -0.1) is 6.58 Å². The van der Waals surface area contributed by atoms with Crippen molar-refractivity contribution in [3.63, 3.8) is 0 Å². The van der Waals surface area contributed by atoms with Gasteiger partial charge in [0.1, 0.15) is 0 Å². The van der Waals surface area contributed by atoms with Gasteiger partial charge in [-0.3, -0.25) is 0 Å². The summed E-state index contributed by atoms with van der Waals surface area (Å²) in [5.41, 5.74) is -0.361. The van der Waals surface area contributed by atoms with E-state index >= 15 is 0 Å². The van der Waals surface area contributed by atoms with E-state index in [0.717, 1.165) is 12.8 Å². The topological polar surface area (TPSA) is 20.2 Å². The Labute approximate surface area is 74.5 Å². The molecule has 3 atom stereocenters. The fourth-order valence-electron chi connectivity index (χ4n) is 3.12. The van der Waals surface area contributed by atoms with Crippen molar-refractivity contribution in [2.24, 2.45) is 11.8 Å². The first-order chi connectivity index (χ1) is 5.77. The molecule has 0 amide bonds.